The summed E-state index contributed by atoms with van der Waals surface area (Å²) in [6.45, 7) is 4.22. The lowest BCUT2D eigenvalue weighted by Gasteiger charge is -2.47. The Morgan fingerprint density at radius 3 is 1.55 bits per heavy atom. The maximum Gasteiger partial charge on any atom is 0.172 e. The van der Waals surface area contributed by atoms with Crippen molar-refractivity contribution >= 4 is 0 Å². The summed E-state index contributed by atoms with van der Waals surface area (Å²) in [6.07, 6.45) is 6.70. The first-order chi connectivity index (χ1) is 9.44. The van der Waals surface area contributed by atoms with Crippen LogP contribution < -0.4 is 0 Å². The molecule has 20 heavy (non-hydrogen) atoms. The van der Waals surface area contributed by atoms with Gasteiger partial charge in [-0.3, -0.25) is 0 Å². The van der Waals surface area contributed by atoms with Crippen LogP contribution in [0.3, 0.4) is 0 Å². The topological polar surface area (TPSA) is 58.9 Å². The highest BCUT2D eigenvalue weighted by molar-refractivity contribution is 5.21. The molecule has 2 heterocycles. The Balaban J connectivity index is 1.90. The molecule has 4 nitrogen and oxygen atoms in total. The van der Waals surface area contributed by atoms with Crippen LogP contribution in [0.25, 0.3) is 0 Å². The molecule has 2 aliphatic heterocycles. The molecule has 6 atom stereocenters. The van der Waals surface area contributed by atoms with Gasteiger partial charge in [-0.2, -0.15) is 0 Å². The minimum atomic E-state index is -1.09. The first kappa shape index (κ1) is 13.5. The average Bonchev–Trinajstić information content (AvgIpc) is 2.86. The Bertz CT molecular complexity index is 400. The molecular formula is C16H26O4. The summed E-state index contributed by atoms with van der Waals surface area (Å²) < 4.78 is 12.6. The van der Waals surface area contributed by atoms with Gasteiger partial charge < -0.3 is 19.7 Å². The van der Waals surface area contributed by atoms with Gasteiger partial charge in [-0.05, 0) is 38.5 Å². The van der Waals surface area contributed by atoms with Crippen molar-refractivity contribution in [1.82, 2.24) is 0 Å². The molecule has 0 aromatic carbocycles. The van der Waals surface area contributed by atoms with E-state index < -0.39 is 22.8 Å². The van der Waals surface area contributed by atoms with E-state index in [9.17, 15) is 10.2 Å². The third kappa shape index (κ3) is 1.32. The highest BCUT2D eigenvalue weighted by Crippen LogP contribution is 2.70. The number of aliphatic hydroxyl groups is 2. The van der Waals surface area contributed by atoms with E-state index in [0.29, 0.717) is 12.8 Å². The summed E-state index contributed by atoms with van der Waals surface area (Å²) in [5, 5.41) is 22.3. The van der Waals surface area contributed by atoms with Crippen molar-refractivity contribution in [3.8, 4) is 0 Å². The van der Waals surface area contributed by atoms with Gasteiger partial charge in [0.2, 0.25) is 0 Å². The molecule has 2 saturated heterocycles. The van der Waals surface area contributed by atoms with E-state index in [2.05, 4.69) is 13.8 Å². The van der Waals surface area contributed by atoms with E-state index >= 15 is 0 Å². The molecule has 4 rings (SSSR count). The zero-order valence-corrected chi connectivity index (χ0v) is 12.5. The van der Waals surface area contributed by atoms with Gasteiger partial charge >= 0.3 is 0 Å². The van der Waals surface area contributed by atoms with Crippen molar-refractivity contribution in [2.24, 2.45) is 11.8 Å². The Labute approximate surface area is 120 Å². The lowest BCUT2D eigenvalue weighted by molar-refractivity contribution is -0.333. The predicted molar refractivity (Wildman–Crippen MR) is 72.8 cm³/mol. The predicted octanol–water partition coefficient (Wildman–Crippen LogP) is 2.32. The minimum Gasteiger partial charge on any atom is -0.365 e. The molecule has 0 aromatic rings. The van der Waals surface area contributed by atoms with Gasteiger partial charge in [-0.15, -0.1) is 0 Å². The van der Waals surface area contributed by atoms with Crippen LogP contribution in [0, 0.1) is 11.8 Å². The maximum absolute atomic E-state index is 11.1. The second-order valence-corrected chi connectivity index (χ2v) is 7.39. The Morgan fingerprint density at radius 2 is 1.20 bits per heavy atom. The molecule has 0 unspecified atom stereocenters. The zero-order valence-electron chi connectivity index (χ0n) is 12.5. The van der Waals surface area contributed by atoms with Crippen LogP contribution in [-0.2, 0) is 9.47 Å². The highest BCUT2D eigenvalue weighted by Gasteiger charge is 2.79. The second-order valence-electron chi connectivity index (χ2n) is 7.39. The summed E-state index contributed by atoms with van der Waals surface area (Å²) in [6, 6.07) is 0. The normalized spacial score (nSPS) is 60.6. The van der Waals surface area contributed by atoms with Crippen molar-refractivity contribution in [1.29, 1.82) is 0 Å². The van der Waals surface area contributed by atoms with E-state index in [1.807, 2.05) is 0 Å². The van der Waals surface area contributed by atoms with Crippen molar-refractivity contribution < 1.29 is 19.7 Å². The number of ether oxygens (including phenoxy) is 2. The fourth-order valence-corrected chi connectivity index (χ4v) is 5.95. The first-order valence-electron chi connectivity index (χ1n) is 8.29. The van der Waals surface area contributed by atoms with Gasteiger partial charge in [0, 0.05) is 12.8 Å². The van der Waals surface area contributed by atoms with Crippen LogP contribution >= 0.6 is 0 Å². The van der Waals surface area contributed by atoms with Gasteiger partial charge in [0.1, 0.15) is 0 Å². The molecule has 2 N–H and O–H groups in total. The van der Waals surface area contributed by atoms with Gasteiger partial charge in [0.15, 0.2) is 11.6 Å². The average molecular weight is 282 g/mol. The van der Waals surface area contributed by atoms with Crippen LogP contribution in [0.5, 0.6) is 0 Å². The quantitative estimate of drug-likeness (QED) is 0.816. The lowest BCUT2D eigenvalue weighted by Crippen LogP contribution is -2.54. The third-order valence-corrected chi connectivity index (χ3v) is 6.67. The molecule has 114 valence electrons. The molecule has 2 saturated carbocycles. The van der Waals surface area contributed by atoms with Crippen LogP contribution in [0.15, 0.2) is 0 Å². The molecule has 4 fully saturated rings. The number of rotatable bonds is 2. The molecule has 0 bridgehead atoms. The molecule has 4 aliphatic rings. The number of hydrogen-bond acceptors (Lipinski definition) is 4. The summed E-state index contributed by atoms with van der Waals surface area (Å²) in [5.74, 6) is -2.33. The van der Waals surface area contributed by atoms with Crippen molar-refractivity contribution in [3.63, 3.8) is 0 Å². The molecule has 4 heteroatoms. The Kier molecular flexibility index (Phi) is 2.55. The standard InChI is InChI=1S/C16H26O4/c1-3-13-7-5-9-15(17)11(13)12-14(4-2,20-15)8-6-10-16(12,18)19-13/h11-12,17-18H,3-10H2,1-2H3/t11-,12-,13-,14-,15+,16+/m0/s1. The SMILES string of the molecule is CC[C@@]12CCC[C@@]3(O)O[C@@]4(CC)CCC[C@@](O)(O1)[C@H]4[C@@H]23. The smallest absolute Gasteiger partial charge is 0.172 e. The Morgan fingerprint density at radius 1 is 0.800 bits per heavy atom. The summed E-state index contributed by atoms with van der Waals surface area (Å²) >= 11 is 0. The maximum atomic E-state index is 11.1. The van der Waals surface area contributed by atoms with E-state index in [0.717, 1.165) is 38.5 Å². The van der Waals surface area contributed by atoms with Crippen LogP contribution in [0.1, 0.15) is 65.2 Å². The van der Waals surface area contributed by atoms with Gasteiger partial charge in [0.05, 0.1) is 23.0 Å². The fourth-order valence-electron chi connectivity index (χ4n) is 5.95. The van der Waals surface area contributed by atoms with Crippen molar-refractivity contribution in [3.05, 3.63) is 0 Å². The molecule has 0 aromatic heterocycles. The first-order valence-corrected chi connectivity index (χ1v) is 8.29. The molecule has 0 amide bonds. The summed E-state index contributed by atoms with van der Waals surface area (Å²) in [4.78, 5) is 0. The monoisotopic (exact) mass is 282 g/mol. The third-order valence-electron chi connectivity index (χ3n) is 6.67. The van der Waals surface area contributed by atoms with E-state index in [1.165, 1.54) is 0 Å². The number of hydrogen-bond donors (Lipinski definition) is 2. The van der Waals surface area contributed by atoms with Crippen LogP contribution in [-0.4, -0.2) is 33.0 Å². The Hall–Kier alpha value is -0.160. The minimum absolute atomic E-state index is 0.0704. The summed E-state index contributed by atoms with van der Waals surface area (Å²) in [5.41, 5.74) is -0.790. The lowest BCUT2D eigenvalue weighted by atomic mass is 9.61. The molecule has 0 spiro atoms. The van der Waals surface area contributed by atoms with E-state index in [4.69, 9.17) is 9.47 Å². The molecule has 0 radical (unpaired) electrons. The van der Waals surface area contributed by atoms with Crippen molar-refractivity contribution in [2.75, 3.05) is 0 Å². The van der Waals surface area contributed by atoms with Gasteiger partial charge in [0.25, 0.3) is 0 Å². The van der Waals surface area contributed by atoms with Crippen LogP contribution in [0.4, 0.5) is 0 Å². The summed E-state index contributed by atoms with van der Waals surface area (Å²) in [7, 11) is 0. The van der Waals surface area contributed by atoms with E-state index in [-0.39, 0.29) is 11.8 Å². The largest absolute Gasteiger partial charge is 0.365 e. The van der Waals surface area contributed by atoms with Gasteiger partial charge in [-0.1, -0.05) is 13.8 Å². The highest BCUT2D eigenvalue weighted by atomic mass is 16.7. The molecule has 2 aliphatic carbocycles. The van der Waals surface area contributed by atoms with Gasteiger partial charge in [-0.25, -0.2) is 0 Å². The van der Waals surface area contributed by atoms with Crippen molar-refractivity contribution in [2.45, 2.75) is 88.0 Å². The van der Waals surface area contributed by atoms with Crippen LogP contribution in [0.2, 0.25) is 0 Å². The fraction of sp³-hybridized carbons (Fsp3) is 1.00. The molecular weight excluding hydrogens is 256 g/mol. The zero-order chi connectivity index (χ0) is 14.2. The second kappa shape index (κ2) is 3.78. The van der Waals surface area contributed by atoms with E-state index in [1.54, 1.807) is 0 Å².